The Kier molecular flexibility index (Phi) is 8.15. The molecule has 92 valence electrons. The SMILES string of the molecule is COC(=O)C/C(=C\CCCCO)C(=O)OC. The third kappa shape index (κ3) is 6.19. The molecule has 0 radical (unpaired) electrons. The van der Waals surface area contributed by atoms with Crippen molar-refractivity contribution in [3.05, 3.63) is 11.6 Å². The van der Waals surface area contributed by atoms with Crippen molar-refractivity contribution in [1.29, 1.82) is 0 Å². The fourth-order valence-electron chi connectivity index (χ4n) is 1.12. The summed E-state index contributed by atoms with van der Waals surface area (Å²) in [6.07, 6.45) is 3.63. The van der Waals surface area contributed by atoms with Gasteiger partial charge in [0.05, 0.1) is 20.6 Å². The molecule has 0 bridgehead atoms. The van der Waals surface area contributed by atoms with E-state index in [1.165, 1.54) is 14.2 Å². The van der Waals surface area contributed by atoms with E-state index >= 15 is 0 Å². The molecule has 0 aromatic carbocycles. The molecule has 0 heterocycles. The van der Waals surface area contributed by atoms with Gasteiger partial charge >= 0.3 is 11.9 Å². The number of rotatable bonds is 7. The molecular weight excluding hydrogens is 212 g/mol. The molecule has 5 nitrogen and oxygen atoms in total. The standard InChI is InChI=1S/C11H18O5/c1-15-10(13)8-9(11(14)16-2)6-4-3-5-7-12/h6,12H,3-5,7-8H2,1-2H3/b9-6+. The van der Waals surface area contributed by atoms with Gasteiger partial charge in [0, 0.05) is 12.2 Å². The Morgan fingerprint density at radius 1 is 1.19 bits per heavy atom. The van der Waals surface area contributed by atoms with E-state index in [1.54, 1.807) is 6.08 Å². The van der Waals surface area contributed by atoms with Crippen molar-refractivity contribution in [2.45, 2.75) is 25.7 Å². The lowest BCUT2D eigenvalue weighted by molar-refractivity contribution is -0.143. The van der Waals surface area contributed by atoms with Crippen molar-refractivity contribution >= 4 is 11.9 Å². The second kappa shape index (κ2) is 8.91. The first-order valence-corrected chi connectivity index (χ1v) is 5.10. The minimum Gasteiger partial charge on any atom is -0.469 e. The summed E-state index contributed by atoms with van der Waals surface area (Å²) in [4.78, 5) is 22.3. The molecule has 0 saturated carbocycles. The fourth-order valence-corrected chi connectivity index (χ4v) is 1.12. The highest BCUT2D eigenvalue weighted by molar-refractivity contribution is 5.93. The molecule has 5 heteroatoms. The lowest BCUT2D eigenvalue weighted by Crippen LogP contribution is -2.11. The lowest BCUT2D eigenvalue weighted by Gasteiger charge is -2.04. The van der Waals surface area contributed by atoms with Gasteiger partial charge in [-0.25, -0.2) is 4.79 Å². The van der Waals surface area contributed by atoms with E-state index in [4.69, 9.17) is 5.11 Å². The number of unbranched alkanes of at least 4 members (excludes halogenated alkanes) is 2. The number of methoxy groups -OCH3 is 2. The van der Waals surface area contributed by atoms with Crippen LogP contribution in [0.2, 0.25) is 0 Å². The van der Waals surface area contributed by atoms with Crippen LogP contribution >= 0.6 is 0 Å². The molecule has 0 amide bonds. The summed E-state index contributed by atoms with van der Waals surface area (Å²) in [5.74, 6) is -0.992. The molecule has 0 atom stereocenters. The van der Waals surface area contributed by atoms with Crippen LogP contribution in [0.1, 0.15) is 25.7 Å². The molecule has 0 spiro atoms. The lowest BCUT2D eigenvalue weighted by atomic mass is 10.1. The van der Waals surface area contributed by atoms with Crippen molar-refractivity contribution in [1.82, 2.24) is 0 Å². The van der Waals surface area contributed by atoms with Crippen LogP contribution < -0.4 is 0 Å². The molecule has 1 N–H and O–H groups in total. The van der Waals surface area contributed by atoms with Gasteiger partial charge in [-0.3, -0.25) is 4.79 Å². The van der Waals surface area contributed by atoms with Gasteiger partial charge in [-0.05, 0) is 19.3 Å². The van der Waals surface area contributed by atoms with Crippen LogP contribution in [0, 0.1) is 0 Å². The Morgan fingerprint density at radius 2 is 1.88 bits per heavy atom. The van der Waals surface area contributed by atoms with E-state index in [0.717, 1.165) is 6.42 Å². The summed E-state index contributed by atoms with van der Waals surface area (Å²) in [5, 5.41) is 8.58. The summed E-state index contributed by atoms with van der Waals surface area (Å²) in [6, 6.07) is 0. The predicted molar refractivity (Wildman–Crippen MR) is 57.7 cm³/mol. The van der Waals surface area contributed by atoms with Crippen molar-refractivity contribution in [2.24, 2.45) is 0 Å². The van der Waals surface area contributed by atoms with Crippen molar-refractivity contribution < 1.29 is 24.2 Å². The maximum atomic E-state index is 11.3. The first-order valence-electron chi connectivity index (χ1n) is 5.10. The van der Waals surface area contributed by atoms with Crippen LogP contribution in [-0.2, 0) is 19.1 Å². The quantitative estimate of drug-likeness (QED) is 0.398. The number of hydrogen-bond donors (Lipinski definition) is 1. The monoisotopic (exact) mass is 230 g/mol. The molecule has 0 fully saturated rings. The van der Waals surface area contributed by atoms with Gasteiger partial charge in [0.25, 0.3) is 0 Å². The summed E-state index contributed by atoms with van der Waals surface area (Å²) < 4.78 is 9.03. The molecule has 0 saturated heterocycles. The molecule has 0 aliphatic carbocycles. The highest BCUT2D eigenvalue weighted by Gasteiger charge is 2.13. The molecule has 0 aliphatic heterocycles. The molecule has 0 aromatic rings. The normalized spacial score (nSPS) is 11.1. The minimum absolute atomic E-state index is 0.0811. The number of aliphatic hydroxyl groups is 1. The Balaban J connectivity index is 4.30. The second-order valence-corrected chi connectivity index (χ2v) is 3.19. The van der Waals surface area contributed by atoms with E-state index in [9.17, 15) is 9.59 Å². The zero-order valence-electron chi connectivity index (χ0n) is 9.69. The third-order valence-corrected chi connectivity index (χ3v) is 2.01. The molecule has 0 unspecified atom stereocenters. The van der Waals surface area contributed by atoms with Gasteiger partial charge in [0.15, 0.2) is 0 Å². The fraction of sp³-hybridized carbons (Fsp3) is 0.636. The first kappa shape index (κ1) is 14.6. The number of ether oxygens (including phenoxy) is 2. The van der Waals surface area contributed by atoms with Gasteiger partial charge in [-0.15, -0.1) is 0 Å². The van der Waals surface area contributed by atoms with E-state index in [2.05, 4.69) is 9.47 Å². The van der Waals surface area contributed by atoms with Gasteiger partial charge in [0.1, 0.15) is 0 Å². The number of allylic oxidation sites excluding steroid dienone is 1. The van der Waals surface area contributed by atoms with E-state index in [0.29, 0.717) is 18.4 Å². The molecule has 0 aromatic heterocycles. The van der Waals surface area contributed by atoms with Gasteiger partial charge in [-0.1, -0.05) is 6.08 Å². The Morgan fingerprint density at radius 3 is 2.38 bits per heavy atom. The van der Waals surface area contributed by atoms with Gasteiger partial charge in [-0.2, -0.15) is 0 Å². The van der Waals surface area contributed by atoms with Crippen molar-refractivity contribution in [3.63, 3.8) is 0 Å². The zero-order chi connectivity index (χ0) is 12.4. The summed E-state index contributed by atoms with van der Waals surface area (Å²) >= 11 is 0. The highest BCUT2D eigenvalue weighted by atomic mass is 16.5. The zero-order valence-corrected chi connectivity index (χ0v) is 9.69. The van der Waals surface area contributed by atoms with Gasteiger partial charge < -0.3 is 14.6 Å². The molecule has 0 aliphatic rings. The number of carbonyl (C=O) groups is 2. The smallest absolute Gasteiger partial charge is 0.333 e. The predicted octanol–water partition coefficient (Wildman–Crippen LogP) is 0.811. The van der Waals surface area contributed by atoms with Crippen LogP contribution in [0.4, 0.5) is 0 Å². The molecule has 16 heavy (non-hydrogen) atoms. The maximum Gasteiger partial charge on any atom is 0.333 e. The van der Waals surface area contributed by atoms with Crippen LogP contribution in [0.15, 0.2) is 11.6 Å². The van der Waals surface area contributed by atoms with Crippen LogP contribution in [0.5, 0.6) is 0 Å². The summed E-state index contributed by atoms with van der Waals surface area (Å²) in [5.41, 5.74) is 0.298. The second-order valence-electron chi connectivity index (χ2n) is 3.19. The van der Waals surface area contributed by atoms with E-state index in [-0.39, 0.29) is 13.0 Å². The Hall–Kier alpha value is -1.36. The number of carbonyl (C=O) groups excluding carboxylic acids is 2. The number of esters is 2. The average molecular weight is 230 g/mol. The number of aliphatic hydroxyl groups excluding tert-OH is 1. The largest absolute Gasteiger partial charge is 0.469 e. The van der Waals surface area contributed by atoms with E-state index in [1.807, 2.05) is 0 Å². The Labute approximate surface area is 95.0 Å². The topological polar surface area (TPSA) is 72.8 Å². The summed E-state index contributed by atoms with van der Waals surface area (Å²) in [6.45, 7) is 0.123. The molecular formula is C11H18O5. The highest BCUT2D eigenvalue weighted by Crippen LogP contribution is 2.08. The van der Waals surface area contributed by atoms with Crippen molar-refractivity contribution in [3.8, 4) is 0 Å². The van der Waals surface area contributed by atoms with Crippen LogP contribution in [0.3, 0.4) is 0 Å². The van der Waals surface area contributed by atoms with Crippen LogP contribution in [-0.4, -0.2) is 37.9 Å². The van der Waals surface area contributed by atoms with Crippen molar-refractivity contribution in [2.75, 3.05) is 20.8 Å². The molecule has 0 rings (SSSR count). The average Bonchev–Trinajstić information content (AvgIpc) is 2.31. The maximum absolute atomic E-state index is 11.3. The first-order chi connectivity index (χ1) is 7.65. The summed E-state index contributed by atoms with van der Waals surface area (Å²) in [7, 11) is 2.53. The Bertz CT molecular complexity index is 257. The number of hydrogen-bond acceptors (Lipinski definition) is 5. The third-order valence-electron chi connectivity index (χ3n) is 2.01. The minimum atomic E-state index is -0.519. The van der Waals surface area contributed by atoms with Crippen LogP contribution in [0.25, 0.3) is 0 Å². The van der Waals surface area contributed by atoms with Gasteiger partial charge in [0.2, 0.25) is 0 Å². The van der Waals surface area contributed by atoms with E-state index < -0.39 is 11.9 Å².